The van der Waals surface area contributed by atoms with Gasteiger partial charge in [0.25, 0.3) is 0 Å². The maximum Gasteiger partial charge on any atom is 0.234 e. The molecule has 0 aromatic rings. The summed E-state index contributed by atoms with van der Waals surface area (Å²) in [5.74, 6) is 0.157. The second kappa shape index (κ2) is 10.9. The summed E-state index contributed by atoms with van der Waals surface area (Å²) in [4.78, 5) is 13.9. The van der Waals surface area contributed by atoms with Crippen LogP contribution in [0.2, 0.25) is 0 Å². The predicted octanol–water partition coefficient (Wildman–Crippen LogP) is 1.43. The molecule has 0 spiro atoms. The SMILES string of the molecule is CCN(CC)CC(=O)NC1CCCNC1C.Cl.Cl. The van der Waals surface area contributed by atoms with Crippen molar-refractivity contribution in [2.75, 3.05) is 26.2 Å². The molecule has 1 rings (SSSR count). The maximum absolute atomic E-state index is 11.8. The number of nitrogens with one attached hydrogen (secondary N) is 2. The van der Waals surface area contributed by atoms with E-state index in [1.165, 1.54) is 0 Å². The van der Waals surface area contributed by atoms with Gasteiger partial charge in [0.05, 0.1) is 6.54 Å². The highest BCUT2D eigenvalue weighted by atomic mass is 35.5. The summed E-state index contributed by atoms with van der Waals surface area (Å²) < 4.78 is 0. The Morgan fingerprint density at radius 3 is 2.44 bits per heavy atom. The lowest BCUT2D eigenvalue weighted by Crippen LogP contribution is -2.53. The Labute approximate surface area is 123 Å². The van der Waals surface area contributed by atoms with Crippen molar-refractivity contribution >= 4 is 30.7 Å². The van der Waals surface area contributed by atoms with Gasteiger partial charge in [0.15, 0.2) is 0 Å². The van der Waals surface area contributed by atoms with Crippen LogP contribution in [0, 0.1) is 0 Å². The van der Waals surface area contributed by atoms with Crippen LogP contribution in [0.5, 0.6) is 0 Å². The van der Waals surface area contributed by atoms with Crippen molar-refractivity contribution < 1.29 is 4.79 Å². The fourth-order valence-corrected chi connectivity index (χ4v) is 2.14. The Morgan fingerprint density at radius 1 is 1.33 bits per heavy atom. The zero-order chi connectivity index (χ0) is 12.0. The Hall–Kier alpha value is -0.0300. The van der Waals surface area contributed by atoms with Gasteiger partial charge < -0.3 is 10.6 Å². The zero-order valence-electron chi connectivity index (χ0n) is 11.6. The van der Waals surface area contributed by atoms with Crippen LogP contribution in [0.25, 0.3) is 0 Å². The van der Waals surface area contributed by atoms with Gasteiger partial charge in [-0.25, -0.2) is 0 Å². The summed E-state index contributed by atoms with van der Waals surface area (Å²) in [6.07, 6.45) is 2.25. The standard InChI is InChI=1S/C12H25N3O.2ClH/c1-4-15(5-2)9-12(16)14-11-7-6-8-13-10(11)3;;/h10-11,13H,4-9H2,1-3H3,(H,14,16);2*1H. The quantitative estimate of drug-likeness (QED) is 0.807. The zero-order valence-corrected chi connectivity index (χ0v) is 13.2. The van der Waals surface area contributed by atoms with Crippen LogP contribution < -0.4 is 10.6 Å². The maximum atomic E-state index is 11.8. The third-order valence-electron chi connectivity index (χ3n) is 3.37. The monoisotopic (exact) mass is 299 g/mol. The third-order valence-corrected chi connectivity index (χ3v) is 3.37. The number of amides is 1. The summed E-state index contributed by atoms with van der Waals surface area (Å²) in [5.41, 5.74) is 0. The lowest BCUT2D eigenvalue weighted by molar-refractivity contribution is -0.123. The largest absolute Gasteiger partial charge is 0.351 e. The molecule has 2 atom stereocenters. The Morgan fingerprint density at radius 2 is 1.94 bits per heavy atom. The molecule has 18 heavy (non-hydrogen) atoms. The van der Waals surface area contributed by atoms with Gasteiger partial charge in [0.2, 0.25) is 5.91 Å². The minimum Gasteiger partial charge on any atom is -0.351 e. The van der Waals surface area contributed by atoms with E-state index in [0.717, 1.165) is 32.5 Å². The molecule has 1 fully saturated rings. The Balaban J connectivity index is 0. The van der Waals surface area contributed by atoms with E-state index in [2.05, 4.69) is 36.3 Å². The normalized spacial score (nSPS) is 22.9. The second-order valence-corrected chi connectivity index (χ2v) is 4.52. The van der Waals surface area contributed by atoms with E-state index in [1.54, 1.807) is 0 Å². The molecular formula is C12H27Cl2N3O. The number of hydrogen-bond donors (Lipinski definition) is 2. The van der Waals surface area contributed by atoms with Gasteiger partial charge in [0.1, 0.15) is 0 Å². The van der Waals surface area contributed by atoms with Crippen molar-refractivity contribution in [1.29, 1.82) is 0 Å². The van der Waals surface area contributed by atoms with Crippen LogP contribution >= 0.6 is 24.8 Å². The fourth-order valence-electron chi connectivity index (χ4n) is 2.14. The van der Waals surface area contributed by atoms with Crippen molar-refractivity contribution in [2.45, 2.75) is 45.7 Å². The molecule has 2 N–H and O–H groups in total. The Kier molecular flexibility index (Phi) is 12.2. The van der Waals surface area contributed by atoms with E-state index in [-0.39, 0.29) is 30.7 Å². The molecule has 1 heterocycles. The van der Waals surface area contributed by atoms with Gasteiger partial charge in [-0.05, 0) is 39.4 Å². The molecule has 0 saturated carbocycles. The van der Waals surface area contributed by atoms with Crippen molar-refractivity contribution in [3.63, 3.8) is 0 Å². The molecule has 0 radical (unpaired) electrons. The molecule has 110 valence electrons. The number of halogens is 2. The fraction of sp³-hybridized carbons (Fsp3) is 0.917. The highest BCUT2D eigenvalue weighted by molar-refractivity contribution is 5.85. The number of carbonyl (C=O) groups is 1. The summed E-state index contributed by atoms with van der Waals surface area (Å²) in [6, 6.07) is 0.700. The van der Waals surface area contributed by atoms with Crippen molar-refractivity contribution in [3.05, 3.63) is 0 Å². The van der Waals surface area contributed by atoms with Gasteiger partial charge in [-0.3, -0.25) is 9.69 Å². The summed E-state index contributed by atoms with van der Waals surface area (Å²) in [7, 11) is 0. The molecule has 2 unspecified atom stereocenters. The second-order valence-electron chi connectivity index (χ2n) is 4.52. The predicted molar refractivity (Wildman–Crippen MR) is 80.9 cm³/mol. The van der Waals surface area contributed by atoms with Gasteiger partial charge >= 0.3 is 0 Å². The van der Waals surface area contributed by atoms with Gasteiger partial charge in [0, 0.05) is 12.1 Å². The molecular weight excluding hydrogens is 273 g/mol. The highest BCUT2D eigenvalue weighted by Gasteiger charge is 2.22. The average molecular weight is 300 g/mol. The van der Waals surface area contributed by atoms with E-state index in [9.17, 15) is 4.79 Å². The molecule has 0 aliphatic carbocycles. The topological polar surface area (TPSA) is 44.4 Å². The molecule has 1 aliphatic rings. The van der Waals surface area contributed by atoms with E-state index in [4.69, 9.17) is 0 Å². The molecule has 1 aliphatic heterocycles. The number of likely N-dealkylation sites (N-methyl/N-ethyl adjacent to an activating group) is 1. The van der Waals surface area contributed by atoms with Gasteiger partial charge in [-0.2, -0.15) is 0 Å². The first kappa shape index (κ1) is 20.3. The van der Waals surface area contributed by atoms with E-state index in [0.29, 0.717) is 18.6 Å². The smallest absolute Gasteiger partial charge is 0.234 e. The first-order valence-electron chi connectivity index (χ1n) is 6.42. The van der Waals surface area contributed by atoms with E-state index < -0.39 is 0 Å². The first-order chi connectivity index (χ1) is 7.67. The molecule has 1 amide bonds. The minimum atomic E-state index is 0. The van der Waals surface area contributed by atoms with Crippen molar-refractivity contribution in [2.24, 2.45) is 0 Å². The van der Waals surface area contributed by atoms with Crippen LogP contribution in [0.15, 0.2) is 0 Å². The molecule has 6 heteroatoms. The Bertz CT molecular complexity index is 225. The minimum absolute atomic E-state index is 0. The summed E-state index contributed by atoms with van der Waals surface area (Å²) in [5, 5.41) is 6.52. The molecule has 0 bridgehead atoms. The lowest BCUT2D eigenvalue weighted by atomic mass is 10.00. The van der Waals surface area contributed by atoms with Crippen molar-refractivity contribution in [1.82, 2.24) is 15.5 Å². The molecule has 0 aromatic carbocycles. The first-order valence-corrected chi connectivity index (χ1v) is 6.42. The number of carbonyl (C=O) groups excluding carboxylic acids is 1. The van der Waals surface area contributed by atoms with Crippen molar-refractivity contribution in [3.8, 4) is 0 Å². The van der Waals surface area contributed by atoms with Crippen LogP contribution in [0.3, 0.4) is 0 Å². The lowest BCUT2D eigenvalue weighted by Gasteiger charge is -2.31. The molecule has 1 saturated heterocycles. The molecule has 0 aromatic heterocycles. The van der Waals surface area contributed by atoms with E-state index in [1.807, 2.05) is 0 Å². The third kappa shape index (κ3) is 6.78. The average Bonchev–Trinajstić information content (AvgIpc) is 2.29. The number of nitrogens with zero attached hydrogens (tertiary/aromatic N) is 1. The van der Waals surface area contributed by atoms with E-state index >= 15 is 0 Å². The summed E-state index contributed by atoms with van der Waals surface area (Å²) >= 11 is 0. The highest BCUT2D eigenvalue weighted by Crippen LogP contribution is 2.07. The van der Waals surface area contributed by atoms with Gasteiger partial charge in [-0.15, -0.1) is 24.8 Å². The number of piperidine rings is 1. The van der Waals surface area contributed by atoms with Gasteiger partial charge in [-0.1, -0.05) is 13.8 Å². The molecule has 4 nitrogen and oxygen atoms in total. The number of rotatable bonds is 5. The van der Waals surface area contributed by atoms with Crippen LogP contribution in [0.1, 0.15) is 33.6 Å². The van der Waals surface area contributed by atoms with Crippen LogP contribution in [-0.4, -0.2) is 49.1 Å². The van der Waals surface area contributed by atoms with Crippen LogP contribution in [-0.2, 0) is 4.79 Å². The summed E-state index contributed by atoms with van der Waals surface area (Å²) in [6.45, 7) is 9.77. The number of hydrogen-bond acceptors (Lipinski definition) is 3. The van der Waals surface area contributed by atoms with Crippen LogP contribution in [0.4, 0.5) is 0 Å².